The van der Waals surface area contributed by atoms with Gasteiger partial charge in [0.15, 0.2) is 0 Å². The molecule has 2 aromatic rings. The Labute approximate surface area is 109 Å². The van der Waals surface area contributed by atoms with Gasteiger partial charge in [0, 0.05) is 12.4 Å². The second kappa shape index (κ2) is 5.11. The number of amides is 2. The van der Waals surface area contributed by atoms with Gasteiger partial charge in [0.2, 0.25) is 0 Å². The molecule has 0 atom stereocenters. The van der Waals surface area contributed by atoms with E-state index in [0.717, 1.165) is 24.9 Å². The molecule has 0 bridgehead atoms. The lowest BCUT2D eigenvalue weighted by molar-refractivity contribution is -0.138. The van der Waals surface area contributed by atoms with E-state index in [0.29, 0.717) is 6.07 Å². The van der Waals surface area contributed by atoms with Crippen LogP contribution in [-0.2, 0) is 6.18 Å². The summed E-state index contributed by atoms with van der Waals surface area (Å²) in [6.07, 6.45) is -0.868. The van der Waals surface area contributed by atoms with Gasteiger partial charge < -0.3 is 4.42 Å². The second-order valence-corrected chi connectivity index (χ2v) is 3.54. The number of oxazole rings is 1. The third-order valence-electron chi connectivity index (χ3n) is 2.22. The molecule has 0 aliphatic rings. The first kappa shape index (κ1) is 13.7. The second-order valence-electron chi connectivity index (χ2n) is 3.54. The fourth-order valence-electron chi connectivity index (χ4n) is 1.38. The van der Waals surface area contributed by atoms with Crippen molar-refractivity contribution in [2.24, 2.45) is 0 Å². The zero-order chi connectivity index (χ0) is 14.8. The van der Waals surface area contributed by atoms with Crippen LogP contribution in [0, 0.1) is 0 Å². The number of aromatic nitrogens is 2. The standard InChI is InChI=1S/C11H6F3N3O3/c12-11(13,14)7-1-2-15-5-6(7)8(18)17-9(19)10-16-3-4-20-10/h1-5H,(H,17,18,19). The Kier molecular flexibility index (Phi) is 3.51. The van der Waals surface area contributed by atoms with Crippen LogP contribution < -0.4 is 5.32 Å². The lowest BCUT2D eigenvalue weighted by Crippen LogP contribution is -2.32. The zero-order valence-corrected chi connectivity index (χ0v) is 9.64. The average Bonchev–Trinajstić information content (AvgIpc) is 2.91. The number of carbonyl (C=O) groups is 2. The minimum absolute atomic E-state index is 0.434. The molecule has 2 rings (SSSR count). The smallest absolute Gasteiger partial charge is 0.417 e. The molecule has 0 unspecified atom stereocenters. The van der Waals surface area contributed by atoms with E-state index in [9.17, 15) is 22.8 Å². The number of carbonyl (C=O) groups excluding carboxylic acids is 2. The average molecular weight is 285 g/mol. The van der Waals surface area contributed by atoms with Gasteiger partial charge in [-0.3, -0.25) is 19.9 Å². The van der Waals surface area contributed by atoms with Crippen molar-refractivity contribution in [2.75, 3.05) is 0 Å². The van der Waals surface area contributed by atoms with Crippen LogP contribution in [0.3, 0.4) is 0 Å². The Morgan fingerprint density at radius 3 is 2.55 bits per heavy atom. The Morgan fingerprint density at radius 2 is 1.95 bits per heavy atom. The molecule has 0 saturated carbocycles. The maximum Gasteiger partial charge on any atom is 0.417 e. The minimum atomic E-state index is -4.73. The number of hydrogen-bond acceptors (Lipinski definition) is 5. The molecule has 0 saturated heterocycles. The Hall–Kier alpha value is -2.71. The maximum absolute atomic E-state index is 12.7. The highest BCUT2D eigenvalue weighted by Gasteiger charge is 2.35. The summed E-state index contributed by atoms with van der Waals surface area (Å²) in [4.78, 5) is 30.0. The number of halogens is 3. The molecule has 6 nitrogen and oxygen atoms in total. The molecule has 2 aromatic heterocycles. The Balaban J connectivity index is 2.24. The largest absolute Gasteiger partial charge is 0.441 e. The number of imide groups is 1. The molecular weight excluding hydrogens is 279 g/mol. The molecule has 0 aromatic carbocycles. The molecule has 9 heteroatoms. The molecule has 1 N–H and O–H groups in total. The predicted octanol–water partition coefficient (Wildman–Crippen LogP) is 1.66. The van der Waals surface area contributed by atoms with Gasteiger partial charge in [0.05, 0.1) is 17.3 Å². The summed E-state index contributed by atoms with van der Waals surface area (Å²) in [5.74, 6) is -2.72. The molecule has 104 valence electrons. The van der Waals surface area contributed by atoms with E-state index >= 15 is 0 Å². The third kappa shape index (κ3) is 2.82. The number of nitrogens with zero attached hydrogens (tertiary/aromatic N) is 2. The zero-order valence-electron chi connectivity index (χ0n) is 9.64. The molecule has 2 amide bonds. The van der Waals surface area contributed by atoms with Crippen molar-refractivity contribution >= 4 is 11.8 Å². The van der Waals surface area contributed by atoms with Crippen LogP contribution in [0.5, 0.6) is 0 Å². The van der Waals surface area contributed by atoms with Crippen LogP contribution in [0.1, 0.15) is 26.6 Å². The van der Waals surface area contributed by atoms with Crippen molar-refractivity contribution in [1.29, 1.82) is 0 Å². The first-order valence-corrected chi connectivity index (χ1v) is 5.16. The van der Waals surface area contributed by atoms with Crippen LogP contribution in [0.25, 0.3) is 0 Å². The highest BCUT2D eigenvalue weighted by Crippen LogP contribution is 2.31. The fraction of sp³-hybridized carbons (Fsp3) is 0.0909. The Bertz CT molecular complexity index is 638. The molecule has 0 aliphatic carbocycles. The molecule has 0 fully saturated rings. The lowest BCUT2D eigenvalue weighted by atomic mass is 10.1. The monoisotopic (exact) mass is 285 g/mol. The summed E-state index contributed by atoms with van der Waals surface area (Å²) < 4.78 is 42.7. The topological polar surface area (TPSA) is 85.1 Å². The van der Waals surface area contributed by atoms with E-state index in [2.05, 4.69) is 14.4 Å². The van der Waals surface area contributed by atoms with E-state index in [1.807, 2.05) is 0 Å². The first-order chi connectivity index (χ1) is 9.39. The van der Waals surface area contributed by atoms with Gasteiger partial charge in [0.25, 0.3) is 11.8 Å². The van der Waals surface area contributed by atoms with E-state index in [1.54, 1.807) is 5.32 Å². The van der Waals surface area contributed by atoms with Gasteiger partial charge in [-0.15, -0.1) is 0 Å². The molecule has 0 radical (unpaired) electrons. The SMILES string of the molecule is O=C(NC(=O)c1cnccc1C(F)(F)F)c1ncco1. The summed E-state index contributed by atoms with van der Waals surface area (Å²) in [5.41, 5.74) is -1.95. The van der Waals surface area contributed by atoms with Crippen molar-refractivity contribution < 1.29 is 27.2 Å². The van der Waals surface area contributed by atoms with Gasteiger partial charge in [-0.25, -0.2) is 4.98 Å². The van der Waals surface area contributed by atoms with Crippen molar-refractivity contribution in [1.82, 2.24) is 15.3 Å². The van der Waals surface area contributed by atoms with E-state index < -0.39 is 35.0 Å². The van der Waals surface area contributed by atoms with Crippen LogP contribution in [0.15, 0.2) is 35.3 Å². The quantitative estimate of drug-likeness (QED) is 0.848. The van der Waals surface area contributed by atoms with Gasteiger partial charge in [0.1, 0.15) is 6.26 Å². The first-order valence-electron chi connectivity index (χ1n) is 5.16. The number of hydrogen-bond donors (Lipinski definition) is 1. The summed E-state index contributed by atoms with van der Waals surface area (Å²) in [6.45, 7) is 0. The number of alkyl halides is 3. The summed E-state index contributed by atoms with van der Waals surface area (Å²) in [5, 5.41) is 1.74. The highest BCUT2D eigenvalue weighted by atomic mass is 19.4. The van der Waals surface area contributed by atoms with Crippen molar-refractivity contribution in [3.05, 3.63) is 47.9 Å². The third-order valence-corrected chi connectivity index (χ3v) is 2.22. The van der Waals surface area contributed by atoms with Crippen LogP contribution in [-0.4, -0.2) is 21.8 Å². The summed E-state index contributed by atoms with van der Waals surface area (Å²) in [6, 6.07) is 0.643. The summed E-state index contributed by atoms with van der Waals surface area (Å²) in [7, 11) is 0. The molecule has 2 heterocycles. The van der Waals surface area contributed by atoms with Gasteiger partial charge in [-0.05, 0) is 6.07 Å². The Morgan fingerprint density at radius 1 is 1.20 bits per heavy atom. The molecular formula is C11H6F3N3O3. The molecule has 20 heavy (non-hydrogen) atoms. The maximum atomic E-state index is 12.7. The van der Waals surface area contributed by atoms with Crippen molar-refractivity contribution in [2.45, 2.75) is 6.18 Å². The van der Waals surface area contributed by atoms with E-state index in [-0.39, 0.29) is 0 Å². The van der Waals surface area contributed by atoms with Crippen LogP contribution in [0.2, 0.25) is 0 Å². The van der Waals surface area contributed by atoms with Crippen LogP contribution >= 0.6 is 0 Å². The fourth-order valence-corrected chi connectivity index (χ4v) is 1.38. The number of rotatable bonds is 2. The van der Waals surface area contributed by atoms with Gasteiger partial charge >= 0.3 is 12.1 Å². The highest BCUT2D eigenvalue weighted by molar-refractivity contribution is 6.09. The number of pyridine rings is 1. The van der Waals surface area contributed by atoms with Crippen LogP contribution in [0.4, 0.5) is 13.2 Å². The summed E-state index contributed by atoms with van der Waals surface area (Å²) >= 11 is 0. The van der Waals surface area contributed by atoms with Crippen molar-refractivity contribution in [3.63, 3.8) is 0 Å². The minimum Gasteiger partial charge on any atom is -0.441 e. The van der Waals surface area contributed by atoms with Crippen molar-refractivity contribution in [3.8, 4) is 0 Å². The molecule has 0 aliphatic heterocycles. The van der Waals surface area contributed by atoms with Gasteiger partial charge in [-0.2, -0.15) is 13.2 Å². The lowest BCUT2D eigenvalue weighted by Gasteiger charge is -2.10. The molecule has 0 spiro atoms. The van der Waals surface area contributed by atoms with Gasteiger partial charge in [-0.1, -0.05) is 0 Å². The number of nitrogens with one attached hydrogen (secondary N) is 1. The normalized spacial score (nSPS) is 11.2. The van der Waals surface area contributed by atoms with E-state index in [1.165, 1.54) is 0 Å². The van der Waals surface area contributed by atoms with E-state index in [4.69, 9.17) is 0 Å². The predicted molar refractivity (Wildman–Crippen MR) is 57.5 cm³/mol.